The molecule has 2 saturated carbocycles. The van der Waals surface area contributed by atoms with Crippen molar-refractivity contribution in [1.29, 1.82) is 0 Å². The summed E-state index contributed by atoms with van der Waals surface area (Å²) in [6, 6.07) is 10.5. The summed E-state index contributed by atoms with van der Waals surface area (Å²) in [6.45, 7) is 4.18. The number of aromatic nitrogens is 2. The highest BCUT2D eigenvalue weighted by Gasteiger charge is 2.48. The largest absolute Gasteiger partial charge is 0.343 e. The lowest BCUT2D eigenvalue weighted by atomic mass is 9.71. The first-order valence-electron chi connectivity index (χ1n) is 12.9. The van der Waals surface area contributed by atoms with E-state index in [1.54, 1.807) is 38.5 Å². The predicted molar refractivity (Wildman–Crippen MR) is 138 cm³/mol. The van der Waals surface area contributed by atoms with Gasteiger partial charge in [0.25, 0.3) is 5.91 Å². The van der Waals surface area contributed by atoms with Gasteiger partial charge in [0.15, 0.2) is 0 Å². The van der Waals surface area contributed by atoms with E-state index in [0.717, 1.165) is 42.1 Å². The minimum Gasteiger partial charge on any atom is -0.343 e. The summed E-state index contributed by atoms with van der Waals surface area (Å²) in [5, 5.41) is 0.932. The molecule has 4 atom stereocenters. The Bertz CT molecular complexity index is 1290. The minimum atomic E-state index is -0.412. The molecule has 2 aromatic heterocycles. The Morgan fingerprint density at radius 3 is 2.36 bits per heavy atom. The molecular formula is C30H34FN3O2. The molecule has 6 heteroatoms. The molecule has 2 unspecified atom stereocenters. The number of ketones is 1. The smallest absolute Gasteiger partial charge is 0.271 e. The quantitative estimate of drug-likeness (QED) is 0.439. The van der Waals surface area contributed by atoms with Crippen molar-refractivity contribution in [3.05, 3.63) is 71.4 Å². The highest BCUT2D eigenvalue weighted by atomic mass is 19.1. The molecule has 2 aliphatic rings. The van der Waals surface area contributed by atoms with Crippen molar-refractivity contribution in [2.75, 3.05) is 14.1 Å². The summed E-state index contributed by atoms with van der Waals surface area (Å²) in [7, 11) is 3.39. The molecule has 5 nitrogen and oxygen atoms in total. The van der Waals surface area contributed by atoms with Gasteiger partial charge >= 0.3 is 0 Å². The van der Waals surface area contributed by atoms with Crippen LogP contribution < -0.4 is 0 Å². The van der Waals surface area contributed by atoms with Gasteiger partial charge in [-0.2, -0.15) is 0 Å². The average Bonchev–Trinajstić information content (AvgIpc) is 3.43. The molecule has 3 aromatic rings. The number of fused-ring (bicyclic) bond motifs is 2. The van der Waals surface area contributed by atoms with E-state index in [4.69, 9.17) is 0 Å². The number of pyridine rings is 2. The zero-order valence-electron chi connectivity index (χ0n) is 21.5. The first-order chi connectivity index (χ1) is 17.1. The molecule has 2 aliphatic carbocycles. The number of amides is 1. The Hall–Kier alpha value is -3.15. The molecule has 36 heavy (non-hydrogen) atoms. The second kappa shape index (κ2) is 9.38. The second-order valence-electron chi connectivity index (χ2n) is 11.5. The van der Waals surface area contributed by atoms with Crippen LogP contribution in [0.4, 0.5) is 4.39 Å². The Balaban J connectivity index is 1.24. The third-order valence-electron chi connectivity index (χ3n) is 8.75. The standard InChI is InChI=1S/C30H34FN3O2/c1-30(2,28(35)11-18-5-7-27(33-17-18)29(36)34(3)4)22-14-19-12-21(13-20(19)15-22)24-9-10-32-26-8-6-23(31)16-25(24)26/h5-10,16-17,19-22H,11-15H2,1-4H3/t19-,20+,21?,22?. The normalized spacial score (nSPS) is 23.6. The number of hydrogen-bond donors (Lipinski definition) is 0. The fourth-order valence-corrected chi connectivity index (χ4v) is 6.48. The topological polar surface area (TPSA) is 63.2 Å². The van der Waals surface area contributed by atoms with E-state index in [2.05, 4.69) is 29.9 Å². The SMILES string of the molecule is CN(C)C(=O)c1ccc(CC(=O)C(C)(C)C2C[C@H]3CC(c4ccnc5ccc(F)cc45)C[C@H]3C2)cn1. The predicted octanol–water partition coefficient (Wildman–Crippen LogP) is 5.83. The van der Waals surface area contributed by atoms with E-state index in [9.17, 15) is 14.0 Å². The first kappa shape index (κ1) is 24.5. The molecule has 0 aliphatic heterocycles. The molecule has 188 valence electrons. The van der Waals surface area contributed by atoms with Gasteiger partial charge in [-0.15, -0.1) is 0 Å². The number of Topliss-reactive ketones (excluding diaryl/α,β-unsaturated/α-hetero) is 1. The molecule has 1 aromatic carbocycles. The molecule has 0 N–H and O–H groups in total. The number of halogens is 1. The van der Waals surface area contributed by atoms with Crippen molar-refractivity contribution >= 4 is 22.6 Å². The number of carbonyl (C=O) groups excluding carboxylic acids is 2. The Morgan fingerprint density at radius 2 is 1.72 bits per heavy atom. The molecule has 0 bridgehead atoms. The van der Waals surface area contributed by atoms with Gasteiger partial charge in [-0.25, -0.2) is 4.39 Å². The number of carbonyl (C=O) groups is 2. The van der Waals surface area contributed by atoms with Crippen molar-refractivity contribution in [2.45, 2.75) is 51.9 Å². The second-order valence-corrected chi connectivity index (χ2v) is 11.5. The van der Waals surface area contributed by atoms with Crippen molar-refractivity contribution in [2.24, 2.45) is 23.2 Å². The van der Waals surface area contributed by atoms with Crippen LogP contribution in [0, 0.1) is 29.0 Å². The summed E-state index contributed by atoms with van der Waals surface area (Å²) in [5.74, 6) is 1.84. The summed E-state index contributed by atoms with van der Waals surface area (Å²) in [6.07, 6.45) is 8.13. The van der Waals surface area contributed by atoms with E-state index in [1.165, 1.54) is 16.5 Å². The van der Waals surface area contributed by atoms with Gasteiger partial charge < -0.3 is 4.90 Å². The Morgan fingerprint density at radius 1 is 1.00 bits per heavy atom. The van der Waals surface area contributed by atoms with Gasteiger partial charge in [0.05, 0.1) is 5.52 Å². The lowest BCUT2D eigenvalue weighted by molar-refractivity contribution is -0.129. The number of hydrogen-bond acceptors (Lipinski definition) is 4. The number of rotatable bonds is 6. The van der Waals surface area contributed by atoms with Gasteiger partial charge in [0.2, 0.25) is 0 Å². The summed E-state index contributed by atoms with van der Waals surface area (Å²) >= 11 is 0. The third kappa shape index (κ3) is 4.54. The van der Waals surface area contributed by atoms with Gasteiger partial charge in [0, 0.05) is 43.7 Å². The fraction of sp³-hybridized carbons (Fsp3) is 0.467. The average molecular weight is 488 g/mol. The lowest BCUT2D eigenvalue weighted by Crippen LogP contribution is -2.33. The maximum atomic E-state index is 14.0. The number of nitrogens with zero attached hydrogens (tertiary/aromatic N) is 3. The van der Waals surface area contributed by atoms with Gasteiger partial charge in [-0.3, -0.25) is 19.6 Å². The van der Waals surface area contributed by atoms with E-state index >= 15 is 0 Å². The van der Waals surface area contributed by atoms with Gasteiger partial charge in [0.1, 0.15) is 17.3 Å². The molecule has 2 fully saturated rings. The summed E-state index contributed by atoms with van der Waals surface area (Å²) in [4.78, 5) is 35.6. The van der Waals surface area contributed by atoms with Crippen LogP contribution >= 0.6 is 0 Å². The van der Waals surface area contributed by atoms with Crippen LogP contribution in [0.5, 0.6) is 0 Å². The molecule has 0 radical (unpaired) electrons. The van der Waals surface area contributed by atoms with Crippen molar-refractivity contribution in [1.82, 2.24) is 14.9 Å². The highest BCUT2D eigenvalue weighted by Crippen LogP contribution is 2.56. The van der Waals surface area contributed by atoms with E-state index in [1.807, 2.05) is 12.3 Å². The highest BCUT2D eigenvalue weighted by molar-refractivity contribution is 5.92. The number of benzene rings is 1. The van der Waals surface area contributed by atoms with Crippen molar-refractivity contribution in [3.8, 4) is 0 Å². The van der Waals surface area contributed by atoms with Crippen LogP contribution in [0.3, 0.4) is 0 Å². The maximum absolute atomic E-state index is 14.0. The molecule has 0 spiro atoms. The van der Waals surface area contributed by atoms with Gasteiger partial charge in [-0.1, -0.05) is 19.9 Å². The first-order valence-corrected chi connectivity index (χ1v) is 12.9. The minimum absolute atomic E-state index is 0.145. The van der Waals surface area contributed by atoms with Crippen LogP contribution in [0.25, 0.3) is 10.9 Å². The van der Waals surface area contributed by atoms with Crippen molar-refractivity contribution < 1.29 is 14.0 Å². The lowest BCUT2D eigenvalue weighted by Gasteiger charge is -2.31. The van der Waals surface area contributed by atoms with Crippen LogP contribution in [0.1, 0.15) is 67.1 Å². The van der Waals surface area contributed by atoms with Gasteiger partial charge in [-0.05, 0) is 90.8 Å². The zero-order chi connectivity index (χ0) is 25.6. The molecule has 5 rings (SSSR count). The van der Waals surface area contributed by atoms with Crippen LogP contribution in [0.15, 0.2) is 48.8 Å². The Kier molecular flexibility index (Phi) is 6.39. The van der Waals surface area contributed by atoms with E-state index in [0.29, 0.717) is 35.8 Å². The zero-order valence-corrected chi connectivity index (χ0v) is 21.5. The third-order valence-corrected chi connectivity index (χ3v) is 8.75. The van der Waals surface area contributed by atoms with E-state index < -0.39 is 5.41 Å². The molecular weight excluding hydrogens is 453 g/mol. The Labute approximate surface area is 212 Å². The van der Waals surface area contributed by atoms with Crippen LogP contribution in [0.2, 0.25) is 0 Å². The van der Waals surface area contributed by atoms with Crippen LogP contribution in [-0.4, -0.2) is 40.7 Å². The summed E-state index contributed by atoms with van der Waals surface area (Å²) < 4.78 is 14.0. The maximum Gasteiger partial charge on any atom is 0.271 e. The van der Waals surface area contributed by atoms with E-state index in [-0.39, 0.29) is 17.5 Å². The fourth-order valence-electron chi connectivity index (χ4n) is 6.48. The molecule has 2 heterocycles. The van der Waals surface area contributed by atoms with Crippen LogP contribution in [-0.2, 0) is 11.2 Å². The van der Waals surface area contributed by atoms with Crippen molar-refractivity contribution in [3.63, 3.8) is 0 Å². The molecule has 1 amide bonds. The monoisotopic (exact) mass is 487 g/mol. The molecule has 0 saturated heterocycles. The summed E-state index contributed by atoms with van der Waals surface area (Å²) in [5.41, 5.74) is 2.88.